The molecule has 5 rings (SSSR count). The van der Waals surface area contributed by atoms with Gasteiger partial charge in [0.25, 0.3) is 5.91 Å². The number of ether oxygens (including phenoxy) is 1. The summed E-state index contributed by atoms with van der Waals surface area (Å²) in [5, 5.41) is 2.87. The maximum absolute atomic E-state index is 12.9. The molecule has 182 valence electrons. The Morgan fingerprint density at radius 3 is 2.74 bits per heavy atom. The van der Waals surface area contributed by atoms with Gasteiger partial charge in [-0.15, -0.1) is 0 Å². The van der Waals surface area contributed by atoms with Crippen LogP contribution in [0.2, 0.25) is 0 Å². The van der Waals surface area contributed by atoms with Crippen LogP contribution in [-0.4, -0.2) is 50.1 Å². The van der Waals surface area contributed by atoms with E-state index in [0.29, 0.717) is 34.5 Å². The number of fused-ring (bicyclic) bond motifs is 1. The highest BCUT2D eigenvalue weighted by molar-refractivity contribution is 7.93. The average Bonchev–Trinajstić information content (AvgIpc) is 3.51. The fraction of sp³-hybridized carbons (Fsp3) is 0.320. The van der Waals surface area contributed by atoms with Crippen LogP contribution in [0.1, 0.15) is 40.5 Å². The van der Waals surface area contributed by atoms with Gasteiger partial charge in [-0.1, -0.05) is 17.7 Å². The summed E-state index contributed by atoms with van der Waals surface area (Å²) in [6.45, 7) is 1.98. The summed E-state index contributed by atoms with van der Waals surface area (Å²) in [7, 11) is 1.12. The van der Waals surface area contributed by atoms with Gasteiger partial charge in [0.15, 0.2) is 5.69 Å². The molecular formula is C25H27N5O4S. The molecule has 1 saturated heterocycles. The fourth-order valence-corrected chi connectivity index (χ4v) is 6.22. The Bertz CT molecular complexity index is 1520. The van der Waals surface area contributed by atoms with Crippen LogP contribution in [0.5, 0.6) is 5.75 Å². The number of imidazole rings is 1. The van der Waals surface area contributed by atoms with Gasteiger partial charge in [-0.05, 0) is 31.9 Å². The Morgan fingerprint density at radius 1 is 1.23 bits per heavy atom. The number of amides is 1. The number of anilines is 1. The van der Waals surface area contributed by atoms with E-state index in [1.54, 1.807) is 26.4 Å². The Labute approximate surface area is 203 Å². The first-order valence-corrected chi connectivity index (χ1v) is 13.2. The number of carbonyl (C=O) groups excluding carboxylic acids is 1. The Kier molecular flexibility index (Phi) is 6.06. The van der Waals surface area contributed by atoms with Crippen LogP contribution < -0.4 is 10.1 Å². The van der Waals surface area contributed by atoms with Crippen molar-refractivity contribution in [3.05, 3.63) is 65.9 Å². The van der Waals surface area contributed by atoms with Crippen LogP contribution in [0.4, 0.5) is 5.69 Å². The number of nitrogens with zero attached hydrogens (tertiary/aromatic N) is 4. The largest absolute Gasteiger partial charge is 0.494 e. The molecule has 4 heterocycles. The van der Waals surface area contributed by atoms with Gasteiger partial charge >= 0.3 is 0 Å². The average molecular weight is 494 g/mol. The molecule has 4 aromatic rings. The van der Waals surface area contributed by atoms with Crippen LogP contribution in [-0.2, 0) is 9.73 Å². The van der Waals surface area contributed by atoms with E-state index in [1.807, 2.05) is 41.8 Å². The molecule has 0 atom stereocenters. The highest BCUT2D eigenvalue weighted by atomic mass is 32.2. The Hall–Kier alpha value is -3.66. The van der Waals surface area contributed by atoms with Crippen molar-refractivity contribution < 1.29 is 18.2 Å². The van der Waals surface area contributed by atoms with Gasteiger partial charge in [-0.2, -0.15) is 0 Å². The molecular weight excluding hydrogens is 466 g/mol. The number of benzene rings is 1. The van der Waals surface area contributed by atoms with Crippen molar-refractivity contribution in [2.75, 3.05) is 31.0 Å². The Balaban J connectivity index is 1.37. The van der Waals surface area contributed by atoms with Crippen LogP contribution in [0.15, 0.2) is 57.8 Å². The van der Waals surface area contributed by atoms with Crippen molar-refractivity contribution in [2.24, 2.45) is 4.36 Å². The molecule has 0 aliphatic carbocycles. The third kappa shape index (κ3) is 4.66. The predicted molar refractivity (Wildman–Crippen MR) is 135 cm³/mol. The summed E-state index contributed by atoms with van der Waals surface area (Å²) in [4.78, 5) is 22.0. The van der Waals surface area contributed by atoms with Gasteiger partial charge in [-0.25, -0.2) is 18.5 Å². The maximum atomic E-state index is 12.9. The zero-order valence-corrected chi connectivity index (χ0v) is 20.7. The molecule has 0 spiro atoms. The highest BCUT2D eigenvalue weighted by Gasteiger charge is 2.25. The lowest BCUT2D eigenvalue weighted by Crippen LogP contribution is -2.22. The number of rotatable bonds is 5. The molecule has 9 nitrogen and oxygen atoms in total. The minimum absolute atomic E-state index is 0.169. The van der Waals surface area contributed by atoms with E-state index in [1.165, 1.54) is 6.26 Å². The normalized spacial score (nSPS) is 20.0. The minimum atomic E-state index is -2.07. The molecule has 1 fully saturated rings. The number of nitrogens with one attached hydrogen (secondary N) is 1. The number of hydrogen-bond acceptors (Lipinski definition) is 7. The summed E-state index contributed by atoms with van der Waals surface area (Å²) in [6, 6.07) is 9.52. The summed E-state index contributed by atoms with van der Waals surface area (Å²) in [5.41, 5.74) is 4.19. The van der Waals surface area contributed by atoms with Gasteiger partial charge < -0.3 is 18.9 Å². The second-order valence-electron chi connectivity index (χ2n) is 8.69. The van der Waals surface area contributed by atoms with Gasteiger partial charge in [-0.3, -0.25) is 4.79 Å². The van der Waals surface area contributed by atoms with E-state index >= 15 is 0 Å². The van der Waals surface area contributed by atoms with Crippen LogP contribution in [0.25, 0.3) is 17.1 Å². The monoisotopic (exact) mass is 493 g/mol. The first-order valence-electron chi connectivity index (χ1n) is 11.4. The number of carbonyl (C=O) groups is 1. The lowest BCUT2D eigenvalue weighted by Gasteiger charge is -2.22. The molecule has 10 heteroatoms. The molecule has 0 radical (unpaired) electrons. The van der Waals surface area contributed by atoms with Crippen molar-refractivity contribution in [1.82, 2.24) is 14.4 Å². The van der Waals surface area contributed by atoms with Gasteiger partial charge in [0.05, 0.1) is 12.8 Å². The van der Waals surface area contributed by atoms with E-state index in [9.17, 15) is 9.00 Å². The van der Waals surface area contributed by atoms with Crippen LogP contribution >= 0.6 is 0 Å². The molecule has 1 aromatic carbocycles. The summed E-state index contributed by atoms with van der Waals surface area (Å²) in [6.07, 6.45) is 6.65. The molecule has 0 unspecified atom stereocenters. The van der Waals surface area contributed by atoms with E-state index in [2.05, 4.69) is 14.7 Å². The quantitative estimate of drug-likeness (QED) is 0.437. The maximum Gasteiger partial charge on any atom is 0.277 e. The van der Waals surface area contributed by atoms with E-state index in [0.717, 1.165) is 29.7 Å². The molecule has 1 amide bonds. The lowest BCUT2D eigenvalue weighted by molar-refractivity contribution is 0.102. The van der Waals surface area contributed by atoms with E-state index < -0.39 is 15.6 Å². The van der Waals surface area contributed by atoms with Crippen molar-refractivity contribution in [2.45, 2.75) is 25.7 Å². The predicted octanol–water partition coefficient (Wildman–Crippen LogP) is 4.53. The standard InChI is InChI=1S/C25H27N5O4S/c1-16-5-4-6-18(11-16)25-29-21(15-34-25)24(31)28-20-14-30-13-19(27-23(30)12-22(20)33-3)17-7-9-35(32,26-2)10-8-17/h4-6,11-15,17H,7-10H2,1-3H3,(H,28,31). The zero-order chi connectivity index (χ0) is 24.6. The molecule has 0 saturated carbocycles. The van der Waals surface area contributed by atoms with Gasteiger partial charge in [0, 0.05) is 58.2 Å². The van der Waals surface area contributed by atoms with Crippen molar-refractivity contribution in [3.63, 3.8) is 0 Å². The minimum Gasteiger partial charge on any atom is -0.494 e. The number of aryl methyl sites for hydroxylation is 1. The summed E-state index contributed by atoms with van der Waals surface area (Å²) >= 11 is 0. The molecule has 0 bridgehead atoms. The van der Waals surface area contributed by atoms with Crippen LogP contribution in [0, 0.1) is 6.92 Å². The van der Waals surface area contributed by atoms with Crippen LogP contribution in [0.3, 0.4) is 0 Å². The molecule has 1 aliphatic rings. The number of pyridine rings is 1. The third-order valence-corrected chi connectivity index (χ3v) is 8.78. The number of methoxy groups -OCH3 is 1. The summed E-state index contributed by atoms with van der Waals surface area (Å²) < 4.78 is 29.5. The topological polar surface area (TPSA) is 111 Å². The number of oxazole rings is 1. The Morgan fingerprint density at radius 2 is 2.03 bits per heavy atom. The van der Waals surface area contributed by atoms with Crippen molar-refractivity contribution >= 4 is 27.0 Å². The SMILES string of the molecule is CN=S1(=O)CCC(c2cn3cc(NC(=O)c4coc(-c5cccc(C)c5)n4)c(OC)cc3n2)CC1. The zero-order valence-electron chi connectivity index (χ0n) is 19.9. The molecule has 35 heavy (non-hydrogen) atoms. The van der Waals surface area contributed by atoms with Gasteiger partial charge in [0.2, 0.25) is 5.89 Å². The molecule has 1 N–H and O–H groups in total. The summed E-state index contributed by atoms with van der Waals surface area (Å²) in [5.74, 6) is 1.88. The fourth-order valence-electron chi connectivity index (χ4n) is 4.35. The highest BCUT2D eigenvalue weighted by Crippen LogP contribution is 2.32. The smallest absolute Gasteiger partial charge is 0.277 e. The van der Waals surface area contributed by atoms with Crippen molar-refractivity contribution in [3.8, 4) is 17.2 Å². The first kappa shape index (κ1) is 23.1. The second-order valence-corrected chi connectivity index (χ2v) is 11.4. The van der Waals surface area contributed by atoms with E-state index in [4.69, 9.17) is 14.1 Å². The van der Waals surface area contributed by atoms with E-state index in [-0.39, 0.29) is 11.6 Å². The number of aromatic nitrogens is 3. The second kappa shape index (κ2) is 9.18. The molecule has 3 aromatic heterocycles. The van der Waals surface area contributed by atoms with Crippen molar-refractivity contribution in [1.29, 1.82) is 0 Å². The number of hydrogen-bond donors (Lipinski definition) is 1. The van der Waals surface area contributed by atoms with Gasteiger partial charge in [0.1, 0.15) is 23.3 Å². The lowest BCUT2D eigenvalue weighted by atomic mass is 10.00. The molecule has 1 aliphatic heterocycles. The third-order valence-electron chi connectivity index (χ3n) is 6.36. The first-order chi connectivity index (χ1) is 16.9.